The van der Waals surface area contributed by atoms with E-state index in [4.69, 9.17) is 17.3 Å². The Morgan fingerprint density at radius 3 is 2.48 bits per heavy atom. The first-order valence-electron chi connectivity index (χ1n) is 5.86. The molecule has 3 N–H and O–H groups in total. The highest BCUT2D eigenvalue weighted by Crippen LogP contribution is 2.21. The Bertz CT molecular complexity index is 758. The third kappa shape index (κ3) is 3.23. The van der Waals surface area contributed by atoms with Crippen molar-refractivity contribution >= 4 is 27.5 Å². The molecular weight excluding hydrogens is 316 g/mol. The van der Waals surface area contributed by atoms with Crippen molar-refractivity contribution in [1.29, 1.82) is 0 Å². The Kier molecular flexibility index (Phi) is 4.31. The highest BCUT2D eigenvalue weighted by Gasteiger charge is 2.29. The van der Waals surface area contributed by atoms with Crippen molar-refractivity contribution < 1.29 is 13.2 Å². The van der Waals surface area contributed by atoms with Crippen LogP contribution in [0.15, 0.2) is 41.7 Å². The molecule has 0 spiro atoms. The average Bonchev–Trinajstić information content (AvgIpc) is 2.78. The van der Waals surface area contributed by atoms with E-state index in [1.807, 2.05) is 0 Å². The van der Waals surface area contributed by atoms with Gasteiger partial charge in [0.15, 0.2) is 0 Å². The molecule has 0 unspecified atom stereocenters. The molecule has 112 valence electrons. The highest BCUT2D eigenvalue weighted by atomic mass is 35.5. The maximum Gasteiger partial charge on any atom is 0.262 e. The maximum atomic E-state index is 12.3. The fourth-order valence-corrected chi connectivity index (χ4v) is 3.34. The number of hydrogen-bond acceptors (Lipinski definition) is 4. The van der Waals surface area contributed by atoms with E-state index in [1.165, 1.54) is 10.9 Å². The molecule has 2 aromatic rings. The Morgan fingerprint density at radius 1 is 1.38 bits per heavy atom. The first kappa shape index (κ1) is 15.5. The fourth-order valence-electron chi connectivity index (χ4n) is 1.72. The Labute approximate surface area is 126 Å². The summed E-state index contributed by atoms with van der Waals surface area (Å²) in [7, 11) is -2.52. The van der Waals surface area contributed by atoms with Crippen molar-refractivity contribution in [1.82, 2.24) is 14.3 Å². The molecule has 1 aromatic carbocycles. The summed E-state index contributed by atoms with van der Waals surface area (Å²) in [5.41, 5.74) is 5.70. The molecule has 0 aliphatic carbocycles. The van der Waals surface area contributed by atoms with Crippen LogP contribution < -0.4 is 10.5 Å². The quantitative estimate of drug-likeness (QED) is 0.837. The zero-order valence-corrected chi connectivity index (χ0v) is 12.6. The van der Waals surface area contributed by atoms with E-state index in [9.17, 15) is 13.2 Å². The summed E-state index contributed by atoms with van der Waals surface area (Å²) in [4.78, 5) is 15.3. The lowest BCUT2D eigenvalue weighted by atomic mass is 10.1. The predicted octanol–water partition coefficient (Wildman–Crippen LogP) is 0.578. The van der Waals surface area contributed by atoms with E-state index < -0.39 is 22.0 Å². The molecule has 0 saturated carbocycles. The molecule has 21 heavy (non-hydrogen) atoms. The molecule has 1 amide bonds. The number of hydrogen-bond donors (Lipinski definition) is 2. The van der Waals surface area contributed by atoms with Gasteiger partial charge in [0.1, 0.15) is 11.2 Å². The maximum absolute atomic E-state index is 12.3. The topological polar surface area (TPSA) is 107 Å². The minimum atomic E-state index is -4.08. The zero-order valence-electron chi connectivity index (χ0n) is 11.0. The number of amides is 1. The Hall–Kier alpha value is -1.90. The number of carbonyl (C=O) groups is 1. The number of benzene rings is 1. The van der Waals surface area contributed by atoms with Crippen molar-refractivity contribution in [3.05, 3.63) is 47.4 Å². The van der Waals surface area contributed by atoms with Crippen molar-refractivity contribution in [3.63, 3.8) is 0 Å². The van der Waals surface area contributed by atoms with Gasteiger partial charge < -0.3 is 10.3 Å². The van der Waals surface area contributed by atoms with E-state index in [2.05, 4.69) is 9.71 Å². The largest absolute Gasteiger partial charge is 0.368 e. The molecule has 0 bridgehead atoms. The first-order valence-corrected chi connectivity index (χ1v) is 7.72. The van der Waals surface area contributed by atoms with Crippen LogP contribution >= 0.6 is 11.6 Å². The summed E-state index contributed by atoms with van der Waals surface area (Å²) in [5, 5.41) is -0.410. The lowest BCUT2D eigenvalue weighted by Crippen LogP contribution is -2.37. The molecule has 0 saturated heterocycles. The van der Waals surface area contributed by atoms with Crippen LogP contribution in [0.1, 0.15) is 11.6 Å². The van der Waals surface area contributed by atoms with Gasteiger partial charge in [-0.05, 0) is 5.56 Å². The number of halogens is 1. The van der Waals surface area contributed by atoms with Gasteiger partial charge in [0.05, 0.1) is 6.33 Å². The number of nitrogens with zero attached hydrogens (tertiary/aromatic N) is 2. The summed E-state index contributed by atoms with van der Waals surface area (Å²) in [6.45, 7) is 0. The van der Waals surface area contributed by atoms with Crippen molar-refractivity contribution in [2.45, 2.75) is 11.1 Å². The number of primary amides is 1. The molecule has 2 rings (SSSR count). The van der Waals surface area contributed by atoms with Crippen molar-refractivity contribution in [2.75, 3.05) is 0 Å². The number of carbonyl (C=O) groups excluding carboxylic acids is 1. The van der Waals surface area contributed by atoms with Crippen LogP contribution in [-0.4, -0.2) is 23.9 Å². The first-order chi connectivity index (χ1) is 9.83. The lowest BCUT2D eigenvalue weighted by Gasteiger charge is -2.15. The second-order valence-corrected chi connectivity index (χ2v) is 6.31. The van der Waals surface area contributed by atoms with E-state index >= 15 is 0 Å². The van der Waals surface area contributed by atoms with Crippen LogP contribution in [0.2, 0.25) is 5.15 Å². The summed E-state index contributed by atoms with van der Waals surface area (Å²) >= 11 is 5.87. The average molecular weight is 329 g/mol. The van der Waals surface area contributed by atoms with Gasteiger partial charge in [0, 0.05) is 7.05 Å². The van der Waals surface area contributed by atoms with E-state index in [0.717, 1.165) is 0 Å². The van der Waals surface area contributed by atoms with Gasteiger partial charge in [0.25, 0.3) is 10.0 Å². The summed E-state index contributed by atoms with van der Waals surface area (Å²) < 4.78 is 28.1. The predicted molar refractivity (Wildman–Crippen MR) is 76.9 cm³/mol. The minimum absolute atomic E-state index is 0.0567. The normalized spacial score (nSPS) is 13.0. The molecule has 1 heterocycles. The second kappa shape index (κ2) is 5.84. The zero-order chi connectivity index (χ0) is 15.6. The van der Waals surface area contributed by atoms with Crippen molar-refractivity contribution in [3.8, 4) is 0 Å². The van der Waals surface area contributed by atoms with E-state index in [0.29, 0.717) is 5.56 Å². The van der Waals surface area contributed by atoms with Gasteiger partial charge in [-0.1, -0.05) is 41.9 Å². The number of imidazole rings is 1. The number of nitrogens with one attached hydrogen (secondary N) is 1. The third-order valence-corrected chi connectivity index (χ3v) is 4.69. The van der Waals surface area contributed by atoms with Gasteiger partial charge in [-0.15, -0.1) is 0 Å². The second-order valence-electron chi connectivity index (χ2n) is 4.32. The van der Waals surface area contributed by atoms with Crippen LogP contribution in [0.25, 0.3) is 0 Å². The van der Waals surface area contributed by atoms with Crippen LogP contribution in [0.3, 0.4) is 0 Å². The molecule has 1 atom stereocenters. The van der Waals surface area contributed by atoms with Crippen LogP contribution in [0, 0.1) is 0 Å². The summed E-state index contributed by atoms with van der Waals surface area (Å²) in [5.74, 6) is -0.822. The van der Waals surface area contributed by atoms with Crippen LogP contribution in [0.5, 0.6) is 0 Å². The third-order valence-electron chi connectivity index (χ3n) is 2.78. The molecule has 0 fully saturated rings. The molecule has 7 nitrogen and oxygen atoms in total. The van der Waals surface area contributed by atoms with E-state index in [1.54, 1.807) is 37.4 Å². The van der Waals surface area contributed by atoms with Crippen LogP contribution in [0.4, 0.5) is 0 Å². The molecule has 1 aromatic heterocycles. The molecule has 0 aliphatic heterocycles. The molecular formula is C12H13ClN4O3S. The number of aryl methyl sites for hydroxylation is 1. The van der Waals surface area contributed by atoms with Gasteiger partial charge in [-0.3, -0.25) is 4.79 Å². The smallest absolute Gasteiger partial charge is 0.262 e. The molecule has 0 radical (unpaired) electrons. The van der Waals surface area contributed by atoms with E-state index in [-0.39, 0.29) is 10.2 Å². The Morgan fingerprint density at radius 2 is 2.00 bits per heavy atom. The monoisotopic (exact) mass is 328 g/mol. The fraction of sp³-hybridized carbons (Fsp3) is 0.167. The summed E-state index contributed by atoms with van der Waals surface area (Å²) in [6, 6.07) is 7.08. The Balaban J connectivity index is 2.37. The molecule has 9 heteroatoms. The highest BCUT2D eigenvalue weighted by molar-refractivity contribution is 7.89. The van der Waals surface area contributed by atoms with Gasteiger partial charge >= 0.3 is 0 Å². The minimum Gasteiger partial charge on any atom is -0.368 e. The number of rotatable bonds is 5. The van der Waals surface area contributed by atoms with Gasteiger partial charge in [-0.2, -0.15) is 4.72 Å². The van der Waals surface area contributed by atoms with Crippen molar-refractivity contribution in [2.24, 2.45) is 12.8 Å². The number of aromatic nitrogens is 2. The number of sulfonamides is 1. The molecule has 0 aliphatic rings. The summed E-state index contributed by atoms with van der Waals surface area (Å²) in [6.07, 6.45) is 1.26. The number of nitrogens with two attached hydrogens (primary N) is 1. The van der Waals surface area contributed by atoms with Gasteiger partial charge in [-0.25, -0.2) is 13.4 Å². The SMILES string of the molecule is Cn1cnc(S(=O)(=O)N[C@@H](C(N)=O)c2ccccc2)c1Cl. The van der Waals surface area contributed by atoms with Gasteiger partial charge in [0.2, 0.25) is 10.9 Å². The lowest BCUT2D eigenvalue weighted by molar-refractivity contribution is -0.119. The standard InChI is InChI=1S/C12H13ClN4O3S/c1-17-7-15-12(10(17)13)21(19,20)16-9(11(14)18)8-5-3-2-4-6-8/h2-7,9,16H,1H3,(H2,14,18)/t9-/m1/s1. The van der Waals surface area contributed by atoms with Crippen LogP contribution in [-0.2, 0) is 21.9 Å².